The van der Waals surface area contributed by atoms with Gasteiger partial charge in [-0.15, -0.1) is 11.3 Å². The van der Waals surface area contributed by atoms with E-state index in [0.29, 0.717) is 5.13 Å². The molecular weight excluding hydrogens is 368 g/mol. The molecule has 0 spiro atoms. The maximum atomic E-state index is 11.5. The summed E-state index contributed by atoms with van der Waals surface area (Å²) in [5.41, 5.74) is 4.19. The van der Waals surface area contributed by atoms with E-state index in [1.54, 1.807) is 6.07 Å². The number of rotatable bonds is 7. The zero-order valence-corrected chi connectivity index (χ0v) is 14.7. The predicted molar refractivity (Wildman–Crippen MR) is 103 cm³/mol. The molecule has 0 fully saturated rings. The summed E-state index contributed by atoms with van der Waals surface area (Å²) in [5, 5.41) is 26.6. The molecular formula is C18H14N4O4S. The Balaban J connectivity index is 1.79. The van der Waals surface area contributed by atoms with Gasteiger partial charge in [0.2, 0.25) is 5.13 Å². The average Bonchev–Trinajstić information content (AvgIpc) is 3.15. The average molecular weight is 382 g/mol. The van der Waals surface area contributed by atoms with Crippen molar-refractivity contribution in [2.24, 2.45) is 5.10 Å². The first-order valence-electron chi connectivity index (χ1n) is 7.83. The summed E-state index contributed by atoms with van der Waals surface area (Å²) in [6, 6.07) is 15.5. The molecule has 0 amide bonds. The smallest absolute Gasteiger partial charge is 0.352 e. The standard InChI is InChI=1S/C18H14N4O4S/c23-17(24)14(10-13-8-4-5-9-16(13)22(25)26)20-21-18-19-15(11-27-18)12-6-2-1-3-7-12/h1-9,11H,10H2,(H,19,21)(H,23,24)/b20-14-. The van der Waals surface area contributed by atoms with E-state index in [1.165, 1.54) is 29.5 Å². The number of hydrogen-bond acceptors (Lipinski definition) is 7. The third-order valence-electron chi connectivity index (χ3n) is 3.65. The van der Waals surface area contributed by atoms with Crippen molar-refractivity contribution in [1.82, 2.24) is 4.98 Å². The summed E-state index contributed by atoms with van der Waals surface area (Å²) in [5.74, 6) is -1.26. The molecule has 1 heterocycles. The highest BCUT2D eigenvalue weighted by Crippen LogP contribution is 2.24. The number of benzene rings is 2. The molecule has 3 rings (SSSR count). The number of thiazole rings is 1. The molecule has 136 valence electrons. The third kappa shape index (κ3) is 4.53. The van der Waals surface area contributed by atoms with Crippen molar-refractivity contribution in [3.05, 3.63) is 75.7 Å². The Morgan fingerprint density at radius 3 is 2.59 bits per heavy atom. The van der Waals surface area contributed by atoms with E-state index in [9.17, 15) is 20.0 Å². The number of carbonyl (C=O) groups is 1. The molecule has 0 aliphatic carbocycles. The molecule has 0 aliphatic rings. The number of hydrazone groups is 1. The normalized spacial score (nSPS) is 11.2. The minimum absolute atomic E-state index is 0.146. The number of nitrogens with zero attached hydrogens (tertiary/aromatic N) is 3. The first-order chi connectivity index (χ1) is 13.0. The van der Waals surface area contributed by atoms with E-state index in [0.717, 1.165) is 11.3 Å². The van der Waals surface area contributed by atoms with Gasteiger partial charge in [-0.25, -0.2) is 9.78 Å². The molecule has 0 saturated carbocycles. The number of carboxylic acids is 1. The second-order valence-corrected chi connectivity index (χ2v) is 6.30. The quantitative estimate of drug-likeness (QED) is 0.364. The minimum atomic E-state index is -1.26. The van der Waals surface area contributed by atoms with Crippen LogP contribution in [0, 0.1) is 10.1 Å². The number of nitrogens with one attached hydrogen (secondary N) is 1. The molecule has 1 aromatic heterocycles. The van der Waals surface area contributed by atoms with Crippen molar-refractivity contribution < 1.29 is 14.8 Å². The number of nitro benzene ring substituents is 1. The maximum Gasteiger partial charge on any atom is 0.352 e. The van der Waals surface area contributed by atoms with Gasteiger partial charge in [-0.2, -0.15) is 5.10 Å². The van der Waals surface area contributed by atoms with Crippen molar-refractivity contribution >= 4 is 33.8 Å². The summed E-state index contributed by atoms with van der Waals surface area (Å²) in [4.78, 5) is 26.4. The molecule has 9 heteroatoms. The van der Waals surface area contributed by atoms with Gasteiger partial charge in [-0.3, -0.25) is 15.5 Å². The Morgan fingerprint density at radius 1 is 1.19 bits per heavy atom. The van der Waals surface area contributed by atoms with E-state index >= 15 is 0 Å². The van der Waals surface area contributed by atoms with Crippen LogP contribution >= 0.6 is 11.3 Å². The molecule has 0 bridgehead atoms. The van der Waals surface area contributed by atoms with Gasteiger partial charge in [-0.1, -0.05) is 48.5 Å². The second-order valence-electron chi connectivity index (χ2n) is 5.44. The Labute approximate surface area is 158 Å². The summed E-state index contributed by atoms with van der Waals surface area (Å²) in [7, 11) is 0. The van der Waals surface area contributed by atoms with E-state index in [1.807, 2.05) is 35.7 Å². The SMILES string of the molecule is O=C(O)/C(Cc1ccccc1[N+](=O)[O-])=N\Nc1nc(-c2ccccc2)cs1. The molecule has 0 aliphatic heterocycles. The fraction of sp³-hybridized carbons (Fsp3) is 0.0556. The molecule has 0 radical (unpaired) electrons. The topological polar surface area (TPSA) is 118 Å². The van der Waals surface area contributed by atoms with Crippen LogP contribution in [0.5, 0.6) is 0 Å². The first kappa shape index (κ1) is 18.2. The largest absolute Gasteiger partial charge is 0.477 e. The Hall–Kier alpha value is -3.59. The first-order valence-corrected chi connectivity index (χ1v) is 8.71. The molecule has 0 saturated heterocycles. The van der Waals surface area contributed by atoms with Gasteiger partial charge >= 0.3 is 5.97 Å². The summed E-state index contributed by atoms with van der Waals surface area (Å²) >= 11 is 1.28. The highest BCUT2D eigenvalue weighted by atomic mass is 32.1. The molecule has 3 aromatic rings. The summed E-state index contributed by atoms with van der Waals surface area (Å²) in [6.45, 7) is 0. The van der Waals surface area contributed by atoms with Gasteiger partial charge in [0, 0.05) is 29.0 Å². The monoisotopic (exact) mass is 382 g/mol. The number of hydrogen-bond donors (Lipinski definition) is 2. The number of carboxylic acid groups (broad SMARTS) is 1. The fourth-order valence-electron chi connectivity index (χ4n) is 2.36. The number of nitro groups is 1. The number of para-hydroxylation sites is 1. The van der Waals surface area contributed by atoms with Crippen LogP contribution in [0.2, 0.25) is 0 Å². The van der Waals surface area contributed by atoms with Gasteiger partial charge in [-0.05, 0) is 0 Å². The molecule has 0 atom stereocenters. The lowest BCUT2D eigenvalue weighted by molar-refractivity contribution is -0.385. The lowest BCUT2D eigenvalue weighted by Gasteiger charge is -2.03. The van der Waals surface area contributed by atoms with Crippen molar-refractivity contribution in [3.8, 4) is 11.3 Å². The molecule has 2 N–H and O–H groups in total. The summed E-state index contributed by atoms with van der Waals surface area (Å²) < 4.78 is 0. The van der Waals surface area contributed by atoms with Crippen molar-refractivity contribution in [2.45, 2.75) is 6.42 Å². The lowest BCUT2D eigenvalue weighted by Crippen LogP contribution is -2.18. The van der Waals surface area contributed by atoms with Crippen molar-refractivity contribution in [3.63, 3.8) is 0 Å². The maximum absolute atomic E-state index is 11.5. The van der Waals surface area contributed by atoms with Crippen LogP contribution in [-0.2, 0) is 11.2 Å². The van der Waals surface area contributed by atoms with Gasteiger partial charge < -0.3 is 5.11 Å². The van der Waals surface area contributed by atoms with E-state index in [4.69, 9.17) is 0 Å². The van der Waals surface area contributed by atoms with Gasteiger partial charge in [0.1, 0.15) is 5.71 Å². The third-order valence-corrected chi connectivity index (χ3v) is 4.40. The van der Waals surface area contributed by atoms with E-state index in [2.05, 4.69) is 15.5 Å². The Morgan fingerprint density at radius 2 is 1.89 bits per heavy atom. The van der Waals surface area contributed by atoms with Gasteiger partial charge in [0.25, 0.3) is 5.69 Å². The molecule has 2 aromatic carbocycles. The van der Waals surface area contributed by atoms with Crippen molar-refractivity contribution in [2.75, 3.05) is 5.43 Å². The van der Waals surface area contributed by atoms with Crippen LogP contribution in [0.25, 0.3) is 11.3 Å². The highest BCUT2D eigenvalue weighted by molar-refractivity contribution is 7.14. The number of aromatic nitrogens is 1. The Kier molecular flexibility index (Phi) is 5.53. The van der Waals surface area contributed by atoms with Crippen LogP contribution in [0.3, 0.4) is 0 Å². The highest BCUT2D eigenvalue weighted by Gasteiger charge is 2.18. The summed E-state index contributed by atoms with van der Waals surface area (Å²) in [6.07, 6.45) is -0.184. The zero-order chi connectivity index (χ0) is 19.2. The zero-order valence-electron chi connectivity index (χ0n) is 13.9. The number of aliphatic carboxylic acids is 1. The van der Waals surface area contributed by atoms with Crippen LogP contribution in [0.4, 0.5) is 10.8 Å². The van der Waals surface area contributed by atoms with E-state index in [-0.39, 0.29) is 23.4 Å². The van der Waals surface area contributed by atoms with Crippen LogP contribution in [-0.4, -0.2) is 26.7 Å². The molecule has 8 nitrogen and oxygen atoms in total. The van der Waals surface area contributed by atoms with E-state index < -0.39 is 10.9 Å². The second kappa shape index (κ2) is 8.19. The van der Waals surface area contributed by atoms with Gasteiger partial charge in [0.05, 0.1) is 10.6 Å². The minimum Gasteiger partial charge on any atom is -0.477 e. The van der Waals surface area contributed by atoms with Gasteiger partial charge in [0.15, 0.2) is 0 Å². The molecule has 0 unspecified atom stereocenters. The Bertz CT molecular complexity index is 1000. The predicted octanol–water partition coefficient (Wildman–Crippen LogP) is 3.81. The van der Waals surface area contributed by atoms with Crippen molar-refractivity contribution in [1.29, 1.82) is 0 Å². The van der Waals surface area contributed by atoms with Crippen LogP contribution in [0.1, 0.15) is 5.56 Å². The molecule has 27 heavy (non-hydrogen) atoms. The van der Waals surface area contributed by atoms with Crippen LogP contribution < -0.4 is 5.43 Å². The van der Waals surface area contributed by atoms with Crippen LogP contribution in [0.15, 0.2) is 65.1 Å². The number of anilines is 1. The fourth-order valence-corrected chi connectivity index (χ4v) is 3.03. The lowest BCUT2D eigenvalue weighted by atomic mass is 10.1.